The number of anilines is 1. The van der Waals surface area contributed by atoms with Gasteiger partial charge in [0.05, 0.1) is 18.8 Å². The molecule has 0 amide bonds. The number of rotatable bonds is 5. The van der Waals surface area contributed by atoms with Crippen LogP contribution < -0.4 is 5.32 Å². The zero-order chi connectivity index (χ0) is 16.4. The van der Waals surface area contributed by atoms with Crippen molar-refractivity contribution in [3.05, 3.63) is 12.5 Å². The first-order chi connectivity index (χ1) is 10.9. The van der Waals surface area contributed by atoms with Gasteiger partial charge in [0.25, 0.3) is 0 Å². The molecule has 3 rings (SSSR count). The molecule has 1 N–H and O–H groups in total. The summed E-state index contributed by atoms with van der Waals surface area (Å²) in [4.78, 5) is 12.8. The van der Waals surface area contributed by atoms with Crippen LogP contribution in [0.4, 0.5) is 5.95 Å². The molecule has 0 aromatic carbocycles. The predicted octanol–water partition coefficient (Wildman–Crippen LogP) is 0.979. The van der Waals surface area contributed by atoms with Crippen LogP contribution in [0.15, 0.2) is 12.5 Å². The number of piperidine rings is 1. The second-order valence-corrected chi connectivity index (χ2v) is 7.93. The van der Waals surface area contributed by atoms with Gasteiger partial charge in [0, 0.05) is 26.2 Å². The highest BCUT2D eigenvalue weighted by Gasteiger charge is 2.28. The number of nitrogens with one attached hydrogen (secondary N) is 1. The van der Waals surface area contributed by atoms with Gasteiger partial charge in [-0.25, -0.2) is 18.4 Å². The second-order valence-electron chi connectivity index (χ2n) is 6.00. The number of fused-ring (bicyclic) bond motifs is 1. The molecular formula is C14H22N6O2S. The molecule has 2 aromatic rings. The third kappa shape index (κ3) is 3.61. The maximum atomic E-state index is 11.8. The quantitative estimate of drug-likeness (QED) is 0.873. The van der Waals surface area contributed by atoms with E-state index in [1.165, 1.54) is 6.26 Å². The molecule has 0 spiro atoms. The van der Waals surface area contributed by atoms with Gasteiger partial charge in [-0.2, -0.15) is 9.29 Å². The van der Waals surface area contributed by atoms with Crippen LogP contribution in [0, 0.1) is 0 Å². The average Bonchev–Trinajstić information content (AvgIpc) is 2.88. The first-order valence-electron chi connectivity index (χ1n) is 7.80. The summed E-state index contributed by atoms with van der Waals surface area (Å²) in [6.45, 7) is 1.26. The first kappa shape index (κ1) is 16.1. The lowest BCUT2D eigenvalue weighted by atomic mass is 10.0. The highest BCUT2D eigenvalue weighted by atomic mass is 32.2. The van der Waals surface area contributed by atoms with E-state index >= 15 is 0 Å². The van der Waals surface area contributed by atoms with E-state index in [4.69, 9.17) is 0 Å². The van der Waals surface area contributed by atoms with Gasteiger partial charge in [0.15, 0.2) is 5.65 Å². The van der Waals surface area contributed by atoms with Crippen LogP contribution in [-0.2, 0) is 17.1 Å². The van der Waals surface area contributed by atoms with Gasteiger partial charge >= 0.3 is 0 Å². The number of aryl methyl sites for hydroxylation is 1. The van der Waals surface area contributed by atoms with Crippen LogP contribution in [0.1, 0.15) is 25.7 Å². The molecule has 1 fully saturated rings. The standard InChI is InChI=1S/C14H22N6O2S/c1-19-10-17-13-12(19)9-16-14(18-13)15-7-6-11-5-3-4-8-20(11)23(2,21)22/h9-11H,3-8H2,1-2H3,(H,15,16,18). The highest BCUT2D eigenvalue weighted by molar-refractivity contribution is 7.88. The van der Waals surface area contributed by atoms with Gasteiger partial charge in [0.2, 0.25) is 16.0 Å². The summed E-state index contributed by atoms with van der Waals surface area (Å²) in [5, 5.41) is 3.17. The van der Waals surface area contributed by atoms with E-state index in [1.807, 2.05) is 11.6 Å². The Morgan fingerprint density at radius 2 is 2.17 bits per heavy atom. The summed E-state index contributed by atoms with van der Waals surface area (Å²) in [7, 11) is -1.24. The Labute approximate surface area is 136 Å². The van der Waals surface area contributed by atoms with Crippen molar-refractivity contribution in [2.75, 3.05) is 24.7 Å². The van der Waals surface area contributed by atoms with Crippen molar-refractivity contribution < 1.29 is 8.42 Å². The van der Waals surface area contributed by atoms with Gasteiger partial charge in [-0.15, -0.1) is 0 Å². The number of hydrogen-bond donors (Lipinski definition) is 1. The van der Waals surface area contributed by atoms with Crippen molar-refractivity contribution in [1.82, 2.24) is 23.8 Å². The third-order valence-corrected chi connectivity index (χ3v) is 5.58. The topological polar surface area (TPSA) is 93.0 Å². The van der Waals surface area contributed by atoms with Crippen molar-refractivity contribution in [1.29, 1.82) is 0 Å². The number of aromatic nitrogens is 4. The maximum Gasteiger partial charge on any atom is 0.224 e. The van der Waals surface area contributed by atoms with Crippen molar-refractivity contribution >= 4 is 27.1 Å². The largest absolute Gasteiger partial charge is 0.354 e. The Morgan fingerprint density at radius 3 is 2.96 bits per heavy atom. The van der Waals surface area contributed by atoms with Crippen molar-refractivity contribution in [3.8, 4) is 0 Å². The zero-order valence-corrected chi connectivity index (χ0v) is 14.3. The van der Waals surface area contributed by atoms with Crippen LogP contribution in [0.2, 0.25) is 0 Å². The molecule has 1 atom stereocenters. The number of hydrogen-bond acceptors (Lipinski definition) is 6. The van der Waals surface area contributed by atoms with Crippen LogP contribution in [0.3, 0.4) is 0 Å². The van der Waals surface area contributed by atoms with Gasteiger partial charge < -0.3 is 9.88 Å². The molecule has 3 heterocycles. The summed E-state index contributed by atoms with van der Waals surface area (Å²) >= 11 is 0. The van der Waals surface area contributed by atoms with Gasteiger partial charge in [0.1, 0.15) is 5.52 Å². The molecule has 8 nitrogen and oxygen atoms in total. The minimum absolute atomic E-state index is 0.0600. The molecule has 1 saturated heterocycles. The third-order valence-electron chi connectivity index (χ3n) is 4.24. The van der Waals surface area contributed by atoms with E-state index in [2.05, 4.69) is 20.3 Å². The molecule has 1 aliphatic rings. The SMILES string of the molecule is Cn1cnc2nc(NCCC3CCCCN3S(C)(=O)=O)ncc21. The summed E-state index contributed by atoms with van der Waals surface area (Å²) < 4.78 is 27.2. The monoisotopic (exact) mass is 338 g/mol. The average molecular weight is 338 g/mol. The van der Waals surface area contributed by atoms with Crippen LogP contribution >= 0.6 is 0 Å². The number of sulfonamides is 1. The minimum atomic E-state index is -3.13. The van der Waals surface area contributed by atoms with E-state index in [-0.39, 0.29) is 6.04 Å². The molecule has 2 aromatic heterocycles. The molecule has 0 aliphatic carbocycles. The Balaban J connectivity index is 1.61. The van der Waals surface area contributed by atoms with E-state index in [1.54, 1.807) is 16.8 Å². The number of imidazole rings is 1. The molecule has 0 radical (unpaired) electrons. The molecule has 0 bridgehead atoms. The van der Waals surface area contributed by atoms with E-state index < -0.39 is 10.0 Å². The van der Waals surface area contributed by atoms with E-state index in [0.717, 1.165) is 31.2 Å². The second kappa shape index (κ2) is 6.40. The van der Waals surface area contributed by atoms with Gasteiger partial charge in [-0.05, 0) is 19.3 Å². The number of nitrogens with zero attached hydrogens (tertiary/aromatic N) is 5. The lowest BCUT2D eigenvalue weighted by Gasteiger charge is -2.33. The zero-order valence-electron chi connectivity index (χ0n) is 13.4. The molecule has 23 heavy (non-hydrogen) atoms. The van der Waals surface area contributed by atoms with E-state index in [9.17, 15) is 8.42 Å². The lowest BCUT2D eigenvalue weighted by molar-refractivity contribution is 0.246. The maximum absolute atomic E-state index is 11.8. The van der Waals surface area contributed by atoms with Gasteiger partial charge in [-0.3, -0.25) is 0 Å². The Bertz CT molecular complexity index is 788. The normalized spacial score (nSPS) is 20.0. The predicted molar refractivity (Wildman–Crippen MR) is 88.6 cm³/mol. The smallest absolute Gasteiger partial charge is 0.224 e. The van der Waals surface area contributed by atoms with Crippen LogP contribution in [-0.4, -0.2) is 57.6 Å². The molecular weight excluding hydrogens is 316 g/mol. The van der Waals surface area contributed by atoms with Crippen molar-refractivity contribution in [2.45, 2.75) is 31.7 Å². The summed E-state index contributed by atoms with van der Waals surface area (Å²) in [6, 6.07) is 0.0600. The molecule has 126 valence electrons. The van der Waals surface area contributed by atoms with Crippen LogP contribution in [0.5, 0.6) is 0 Å². The first-order valence-corrected chi connectivity index (χ1v) is 9.65. The minimum Gasteiger partial charge on any atom is -0.354 e. The Kier molecular flexibility index (Phi) is 4.49. The molecule has 0 saturated carbocycles. The summed E-state index contributed by atoms with van der Waals surface area (Å²) in [5.41, 5.74) is 1.53. The summed E-state index contributed by atoms with van der Waals surface area (Å²) in [6.07, 6.45) is 8.40. The molecule has 1 aliphatic heterocycles. The van der Waals surface area contributed by atoms with E-state index in [0.29, 0.717) is 24.7 Å². The lowest BCUT2D eigenvalue weighted by Crippen LogP contribution is -2.43. The Morgan fingerprint density at radius 1 is 1.35 bits per heavy atom. The summed E-state index contributed by atoms with van der Waals surface area (Å²) in [5.74, 6) is 0.526. The van der Waals surface area contributed by atoms with Crippen molar-refractivity contribution in [3.63, 3.8) is 0 Å². The molecule has 9 heteroatoms. The fourth-order valence-electron chi connectivity index (χ4n) is 3.05. The molecule has 1 unspecified atom stereocenters. The van der Waals surface area contributed by atoms with Crippen LogP contribution in [0.25, 0.3) is 11.2 Å². The fourth-order valence-corrected chi connectivity index (χ4v) is 4.26. The highest BCUT2D eigenvalue weighted by Crippen LogP contribution is 2.22. The van der Waals surface area contributed by atoms with Crippen molar-refractivity contribution in [2.24, 2.45) is 7.05 Å². The Hall–Kier alpha value is -1.74. The fraction of sp³-hybridized carbons (Fsp3) is 0.643. The van der Waals surface area contributed by atoms with Gasteiger partial charge in [-0.1, -0.05) is 6.42 Å².